The fraction of sp³-hybridized carbons (Fsp3) is 0.636. The topological polar surface area (TPSA) is 64.2 Å². The quantitative estimate of drug-likeness (QED) is 0.860. The van der Waals surface area contributed by atoms with E-state index < -0.39 is 0 Å². The van der Waals surface area contributed by atoms with E-state index in [1.807, 2.05) is 6.92 Å². The van der Waals surface area contributed by atoms with E-state index in [0.717, 1.165) is 12.2 Å². The molecule has 0 spiro atoms. The van der Waals surface area contributed by atoms with E-state index >= 15 is 0 Å². The molecule has 5 nitrogen and oxygen atoms in total. The third-order valence-corrected chi connectivity index (χ3v) is 3.53. The van der Waals surface area contributed by atoms with Crippen LogP contribution in [0.15, 0.2) is 6.20 Å². The van der Waals surface area contributed by atoms with Gasteiger partial charge in [-0.25, -0.2) is 0 Å². The number of carbonyl (C=O) groups is 1. The molecule has 96 valence electrons. The summed E-state index contributed by atoms with van der Waals surface area (Å²) in [7, 11) is 3.53. The Labute approximate surface area is 106 Å². The summed E-state index contributed by atoms with van der Waals surface area (Å²) in [5, 5.41) is 3.98. The van der Waals surface area contributed by atoms with Crippen molar-refractivity contribution < 1.29 is 4.79 Å². The van der Waals surface area contributed by atoms with Gasteiger partial charge in [-0.1, -0.05) is 0 Å². The summed E-state index contributed by atoms with van der Waals surface area (Å²) in [5.41, 5.74) is 6.64. The van der Waals surface area contributed by atoms with E-state index in [9.17, 15) is 4.79 Å². The lowest BCUT2D eigenvalue weighted by Gasteiger charge is -2.24. The van der Waals surface area contributed by atoms with Gasteiger partial charge in [0.05, 0.1) is 11.9 Å². The van der Waals surface area contributed by atoms with E-state index in [-0.39, 0.29) is 11.9 Å². The zero-order chi connectivity index (χ0) is 13.0. The van der Waals surface area contributed by atoms with Crippen LogP contribution < -0.4 is 5.73 Å². The van der Waals surface area contributed by atoms with Gasteiger partial charge >= 0.3 is 0 Å². The minimum absolute atomic E-state index is 0.0731. The second-order valence-electron chi connectivity index (χ2n) is 4.12. The Morgan fingerprint density at radius 1 is 1.71 bits per heavy atom. The highest BCUT2D eigenvalue weighted by molar-refractivity contribution is 7.98. The summed E-state index contributed by atoms with van der Waals surface area (Å²) in [6, 6.07) is 0.198. The average molecular weight is 256 g/mol. The monoisotopic (exact) mass is 256 g/mol. The van der Waals surface area contributed by atoms with Gasteiger partial charge in [0.15, 0.2) is 0 Å². The van der Waals surface area contributed by atoms with Crippen LogP contribution in [0.25, 0.3) is 0 Å². The van der Waals surface area contributed by atoms with Crippen LogP contribution >= 0.6 is 11.8 Å². The van der Waals surface area contributed by atoms with Crippen molar-refractivity contribution in [1.29, 1.82) is 0 Å². The van der Waals surface area contributed by atoms with Crippen LogP contribution in [-0.2, 0) is 7.05 Å². The predicted molar refractivity (Wildman–Crippen MR) is 72.2 cm³/mol. The predicted octanol–water partition coefficient (Wildman–Crippen LogP) is 1.22. The van der Waals surface area contributed by atoms with Crippen LogP contribution in [0.1, 0.15) is 23.8 Å². The molecular formula is C11H20N4OS. The molecule has 0 saturated carbocycles. The van der Waals surface area contributed by atoms with Gasteiger partial charge in [0.1, 0.15) is 5.69 Å². The standard InChI is InChI=1S/C11H20N4OS/c1-8(5-6-17-4)14(2)11(16)10-9(12)7-13-15(10)3/h7-8H,5-6,12H2,1-4H3. The number of thioether (sulfide) groups is 1. The molecule has 0 bridgehead atoms. The molecule has 0 aliphatic carbocycles. The molecule has 0 aliphatic rings. The van der Waals surface area contributed by atoms with E-state index in [0.29, 0.717) is 11.4 Å². The van der Waals surface area contributed by atoms with E-state index in [1.54, 1.807) is 30.8 Å². The Kier molecular flexibility index (Phi) is 4.86. The van der Waals surface area contributed by atoms with Gasteiger partial charge in [0.25, 0.3) is 5.91 Å². The Balaban J connectivity index is 2.76. The molecule has 0 radical (unpaired) electrons. The number of aromatic nitrogens is 2. The van der Waals surface area contributed by atoms with Crippen molar-refractivity contribution >= 4 is 23.4 Å². The molecule has 2 N–H and O–H groups in total. The number of nitrogens with zero attached hydrogens (tertiary/aromatic N) is 3. The van der Waals surface area contributed by atoms with Crippen LogP contribution in [0.3, 0.4) is 0 Å². The highest BCUT2D eigenvalue weighted by Crippen LogP contribution is 2.15. The van der Waals surface area contributed by atoms with Gasteiger partial charge in [0, 0.05) is 20.1 Å². The number of nitrogens with two attached hydrogens (primary N) is 1. The SMILES string of the molecule is CSCCC(C)N(C)C(=O)c1c(N)cnn1C. The molecular weight excluding hydrogens is 236 g/mol. The molecule has 0 saturated heterocycles. The summed E-state index contributed by atoms with van der Waals surface area (Å²) >= 11 is 1.78. The Bertz CT molecular complexity index is 371. The smallest absolute Gasteiger partial charge is 0.274 e. The first-order valence-electron chi connectivity index (χ1n) is 5.52. The van der Waals surface area contributed by atoms with Crippen LogP contribution in [0, 0.1) is 0 Å². The lowest BCUT2D eigenvalue weighted by molar-refractivity contribution is 0.0731. The second-order valence-corrected chi connectivity index (χ2v) is 5.10. The fourth-order valence-corrected chi connectivity index (χ4v) is 2.14. The molecule has 1 atom stereocenters. The molecule has 1 aromatic rings. The van der Waals surface area contributed by atoms with Crippen molar-refractivity contribution in [2.75, 3.05) is 24.8 Å². The van der Waals surface area contributed by atoms with Crippen LogP contribution in [-0.4, -0.2) is 45.7 Å². The molecule has 1 aromatic heterocycles. The number of amides is 1. The Morgan fingerprint density at radius 2 is 2.35 bits per heavy atom. The average Bonchev–Trinajstić information content (AvgIpc) is 2.64. The minimum Gasteiger partial charge on any atom is -0.396 e. The van der Waals surface area contributed by atoms with Crippen LogP contribution in [0.4, 0.5) is 5.69 Å². The van der Waals surface area contributed by atoms with Crippen molar-refractivity contribution in [3.8, 4) is 0 Å². The maximum Gasteiger partial charge on any atom is 0.274 e. The Hall–Kier alpha value is -1.17. The number of nitrogen functional groups attached to an aromatic ring is 1. The molecule has 6 heteroatoms. The van der Waals surface area contributed by atoms with Gasteiger partial charge in [0.2, 0.25) is 0 Å². The van der Waals surface area contributed by atoms with Crippen molar-refractivity contribution in [2.45, 2.75) is 19.4 Å². The highest BCUT2D eigenvalue weighted by Gasteiger charge is 2.22. The third kappa shape index (κ3) is 3.15. The number of carbonyl (C=O) groups excluding carboxylic acids is 1. The number of hydrogen-bond acceptors (Lipinski definition) is 4. The number of anilines is 1. The van der Waals surface area contributed by atoms with Crippen LogP contribution in [0.5, 0.6) is 0 Å². The normalized spacial score (nSPS) is 12.5. The second kappa shape index (κ2) is 5.95. The molecule has 1 amide bonds. The lowest BCUT2D eigenvalue weighted by Crippen LogP contribution is -2.36. The summed E-state index contributed by atoms with van der Waals surface area (Å²) < 4.78 is 1.52. The minimum atomic E-state index is -0.0731. The van der Waals surface area contributed by atoms with Gasteiger partial charge in [-0.15, -0.1) is 0 Å². The summed E-state index contributed by atoms with van der Waals surface area (Å²) in [5.74, 6) is 0.968. The Morgan fingerprint density at radius 3 is 2.82 bits per heavy atom. The van der Waals surface area contributed by atoms with Crippen molar-refractivity contribution in [3.63, 3.8) is 0 Å². The maximum atomic E-state index is 12.2. The summed E-state index contributed by atoms with van der Waals surface area (Å²) in [6.07, 6.45) is 4.54. The summed E-state index contributed by atoms with van der Waals surface area (Å²) in [4.78, 5) is 14.0. The van der Waals surface area contributed by atoms with Gasteiger partial charge in [-0.3, -0.25) is 9.48 Å². The first-order valence-corrected chi connectivity index (χ1v) is 6.92. The first kappa shape index (κ1) is 13.9. The highest BCUT2D eigenvalue weighted by atomic mass is 32.2. The largest absolute Gasteiger partial charge is 0.396 e. The molecule has 0 fully saturated rings. The molecule has 0 aliphatic heterocycles. The van der Waals surface area contributed by atoms with Crippen molar-refractivity contribution in [2.24, 2.45) is 7.05 Å². The summed E-state index contributed by atoms with van der Waals surface area (Å²) in [6.45, 7) is 2.04. The lowest BCUT2D eigenvalue weighted by atomic mass is 10.2. The zero-order valence-corrected chi connectivity index (χ0v) is 11.6. The maximum absolute atomic E-state index is 12.2. The molecule has 0 aromatic carbocycles. The van der Waals surface area contributed by atoms with Gasteiger partial charge in [-0.2, -0.15) is 16.9 Å². The molecule has 1 heterocycles. The van der Waals surface area contributed by atoms with Crippen molar-refractivity contribution in [3.05, 3.63) is 11.9 Å². The number of rotatable bonds is 5. The van der Waals surface area contributed by atoms with E-state index in [2.05, 4.69) is 11.4 Å². The van der Waals surface area contributed by atoms with Crippen LogP contribution in [0.2, 0.25) is 0 Å². The third-order valence-electron chi connectivity index (χ3n) is 2.89. The number of hydrogen-bond donors (Lipinski definition) is 1. The zero-order valence-electron chi connectivity index (χ0n) is 10.8. The molecule has 17 heavy (non-hydrogen) atoms. The number of aryl methyl sites for hydroxylation is 1. The first-order chi connectivity index (χ1) is 7.99. The van der Waals surface area contributed by atoms with Crippen molar-refractivity contribution in [1.82, 2.24) is 14.7 Å². The van der Waals surface area contributed by atoms with E-state index in [4.69, 9.17) is 5.73 Å². The molecule has 1 rings (SSSR count). The molecule has 1 unspecified atom stereocenters. The van der Waals surface area contributed by atoms with Gasteiger partial charge in [-0.05, 0) is 25.4 Å². The van der Waals surface area contributed by atoms with E-state index in [1.165, 1.54) is 10.9 Å². The fourth-order valence-electron chi connectivity index (χ4n) is 1.57. The van der Waals surface area contributed by atoms with Gasteiger partial charge < -0.3 is 10.6 Å².